The van der Waals surface area contributed by atoms with Crippen LogP contribution in [0.4, 0.5) is 0 Å². The van der Waals surface area contributed by atoms with Crippen molar-refractivity contribution in [3.8, 4) is 0 Å². The summed E-state index contributed by atoms with van der Waals surface area (Å²) in [5.41, 5.74) is 0. The highest BCUT2D eigenvalue weighted by atomic mass is 16.3. The molecule has 0 aromatic rings. The van der Waals surface area contributed by atoms with E-state index in [1.807, 2.05) is 0 Å². The Labute approximate surface area is 73.4 Å². The molecule has 0 aromatic heterocycles. The van der Waals surface area contributed by atoms with Crippen molar-refractivity contribution in [2.24, 2.45) is 0 Å². The zero-order valence-electron chi connectivity index (χ0n) is 7.61. The number of nitrogens with zero attached hydrogens (tertiary/aromatic N) is 2. The maximum absolute atomic E-state index is 9.17. The molecule has 0 amide bonds. The van der Waals surface area contributed by atoms with Gasteiger partial charge in [-0.05, 0) is 7.05 Å². The minimum absolute atomic E-state index is 0.133. The lowest BCUT2D eigenvalue weighted by molar-refractivity contribution is 0.0434. The van der Waals surface area contributed by atoms with Crippen LogP contribution in [0, 0.1) is 0 Å². The monoisotopic (exact) mass is 174 g/mol. The maximum atomic E-state index is 9.17. The second kappa shape index (κ2) is 4.77. The maximum Gasteiger partial charge on any atom is 0.0897 e. The number of hydrogen-bond donors (Lipinski definition) is 2. The lowest BCUT2D eigenvalue weighted by atomic mass is 10.3. The van der Waals surface area contributed by atoms with Crippen LogP contribution in [-0.2, 0) is 0 Å². The molecule has 12 heavy (non-hydrogen) atoms. The van der Waals surface area contributed by atoms with E-state index in [2.05, 4.69) is 16.8 Å². The molecule has 1 saturated heterocycles. The summed E-state index contributed by atoms with van der Waals surface area (Å²) in [6.45, 7) is 4.56. The zero-order valence-corrected chi connectivity index (χ0v) is 7.61. The predicted octanol–water partition coefficient (Wildman–Crippen LogP) is -1.41. The molecule has 72 valence electrons. The van der Waals surface area contributed by atoms with E-state index in [4.69, 9.17) is 5.11 Å². The van der Waals surface area contributed by atoms with Gasteiger partial charge in [-0.2, -0.15) is 0 Å². The van der Waals surface area contributed by atoms with Gasteiger partial charge in [-0.3, -0.25) is 4.90 Å². The number of rotatable bonds is 3. The summed E-state index contributed by atoms with van der Waals surface area (Å²) in [4.78, 5) is 4.45. The third kappa shape index (κ3) is 3.06. The molecule has 0 aliphatic carbocycles. The molecule has 0 aromatic carbocycles. The summed E-state index contributed by atoms with van der Waals surface area (Å²) in [5, 5.41) is 17.8. The van der Waals surface area contributed by atoms with Crippen molar-refractivity contribution >= 4 is 0 Å². The van der Waals surface area contributed by atoms with Gasteiger partial charge in [-0.1, -0.05) is 0 Å². The normalized spacial score (nSPS) is 24.2. The standard InChI is InChI=1S/C8H18N2O2/c1-9-2-4-10(5-3-9)6-8(12)7-11/h8,11-12H,2-7H2,1H3/t8-/m0/s1. The number of piperazine rings is 1. The Balaban J connectivity index is 2.17. The van der Waals surface area contributed by atoms with Crippen LogP contribution < -0.4 is 0 Å². The Bertz CT molecular complexity index is 124. The fraction of sp³-hybridized carbons (Fsp3) is 1.00. The summed E-state index contributed by atoms with van der Waals surface area (Å²) in [6.07, 6.45) is -0.576. The molecule has 1 fully saturated rings. The van der Waals surface area contributed by atoms with Crippen molar-refractivity contribution in [3.63, 3.8) is 0 Å². The van der Waals surface area contributed by atoms with Crippen LogP contribution in [-0.4, -0.2) is 72.5 Å². The van der Waals surface area contributed by atoms with Gasteiger partial charge in [-0.25, -0.2) is 0 Å². The van der Waals surface area contributed by atoms with E-state index in [-0.39, 0.29) is 6.61 Å². The number of aliphatic hydroxyl groups is 2. The fourth-order valence-electron chi connectivity index (χ4n) is 1.39. The third-order valence-electron chi connectivity index (χ3n) is 2.28. The van der Waals surface area contributed by atoms with Crippen molar-refractivity contribution < 1.29 is 10.2 Å². The van der Waals surface area contributed by atoms with E-state index < -0.39 is 6.10 Å². The molecule has 4 heteroatoms. The molecule has 1 heterocycles. The number of β-amino-alcohol motifs (C(OH)–C–C–N with tert-alkyl or cyclic N) is 1. The van der Waals surface area contributed by atoms with Gasteiger partial charge in [0.2, 0.25) is 0 Å². The van der Waals surface area contributed by atoms with Gasteiger partial charge in [0.1, 0.15) is 0 Å². The third-order valence-corrected chi connectivity index (χ3v) is 2.28. The largest absolute Gasteiger partial charge is 0.394 e. The van der Waals surface area contributed by atoms with Crippen LogP contribution in [0.5, 0.6) is 0 Å². The topological polar surface area (TPSA) is 46.9 Å². The highest BCUT2D eigenvalue weighted by molar-refractivity contribution is 4.71. The minimum Gasteiger partial charge on any atom is -0.394 e. The van der Waals surface area contributed by atoms with E-state index in [0.717, 1.165) is 26.2 Å². The molecule has 0 radical (unpaired) electrons. The molecule has 1 aliphatic rings. The summed E-state index contributed by atoms with van der Waals surface area (Å²) >= 11 is 0. The van der Waals surface area contributed by atoms with Crippen LogP contribution in [0.15, 0.2) is 0 Å². The predicted molar refractivity (Wildman–Crippen MR) is 47.0 cm³/mol. The van der Waals surface area contributed by atoms with E-state index in [1.165, 1.54) is 0 Å². The summed E-state index contributed by atoms with van der Waals surface area (Å²) < 4.78 is 0. The number of hydrogen-bond acceptors (Lipinski definition) is 4. The first-order chi connectivity index (χ1) is 5.72. The van der Waals surface area contributed by atoms with E-state index >= 15 is 0 Å². The summed E-state index contributed by atoms with van der Waals surface area (Å²) in [5.74, 6) is 0. The Hall–Kier alpha value is -0.160. The van der Waals surface area contributed by atoms with Gasteiger partial charge in [0.25, 0.3) is 0 Å². The van der Waals surface area contributed by atoms with E-state index in [9.17, 15) is 5.11 Å². The highest BCUT2D eigenvalue weighted by Crippen LogP contribution is 1.99. The van der Waals surface area contributed by atoms with Gasteiger partial charge < -0.3 is 15.1 Å². The SMILES string of the molecule is CN1CCN(C[C@H](O)CO)CC1. The highest BCUT2D eigenvalue weighted by Gasteiger charge is 2.15. The van der Waals surface area contributed by atoms with Crippen LogP contribution in [0.2, 0.25) is 0 Å². The molecule has 1 rings (SSSR count). The smallest absolute Gasteiger partial charge is 0.0897 e. The van der Waals surface area contributed by atoms with Gasteiger partial charge >= 0.3 is 0 Å². The fourth-order valence-corrected chi connectivity index (χ4v) is 1.39. The molecular weight excluding hydrogens is 156 g/mol. The summed E-state index contributed by atoms with van der Waals surface area (Å²) in [6, 6.07) is 0. The van der Waals surface area contributed by atoms with Gasteiger partial charge in [0.05, 0.1) is 12.7 Å². The molecule has 0 unspecified atom stereocenters. The molecule has 0 spiro atoms. The molecule has 0 bridgehead atoms. The quantitative estimate of drug-likeness (QED) is 0.552. The summed E-state index contributed by atoms with van der Waals surface area (Å²) in [7, 11) is 2.10. The first-order valence-corrected chi connectivity index (χ1v) is 4.42. The lowest BCUT2D eigenvalue weighted by Crippen LogP contribution is -2.47. The Morgan fingerprint density at radius 3 is 2.33 bits per heavy atom. The van der Waals surface area contributed by atoms with Gasteiger partial charge in [0, 0.05) is 32.7 Å². The van der Waals surface area contributed by atoms with Gasteiger partial charge in [-0.15, -0.1) is 0 Å². The average molecular weight is 174 g/mol. The Morgan fingerprint density at radius 1 is 1.25 bits per heavy atom. The molecular formula is C8H18N2O2. The second-order valence-electron chi connectivity index (χ2n) is 3.44. The van der Waals surface area contributed by atoms with Crippen LogP contribution >= 0.6 is 0 Å². The van der Waals surface area contributed by atoms with Crippen molar-refractivity contribution in [3.05, 3.63) is 0 Å². The first kappa shape index (κ1) is 9.92. The molecule has 1 atom stereocenters. The Kier molecular flexibility index (Phi) is 3.94. The van der Waals surface area contributed by atoms with Crippen molar-refractivity contribution in [2.75, 3.05) is 46.4 Å². The van der Waals surface area contributed by atoms with E-state index in [1.54, 1.807) is 0 Å². The molecule has 0 saturated carbocycles. The van der Waals surface area contributed by atoms with E-state index in [0.29, 0.717) is 6.54 Å². The number of likely N-dealkylation sites (N-methyl/N-ethyl adjacent to an activating group) is 1. The average Bonchev–Trinajstić information content (AvgIpc) is 2.09. The van der Waals surface area contributed by atoms with Crippen LogP contribution in [0.1, 0.15) is 0 Å². The second-order valence-corrected chi connectivity index (χ2v) is 3.44. The van der Waals surface area contributed by atoms with Crippen molar-refractivity contribution in [1.82, 2.24) is 9.80 Å². The Morgan fingerprint density at radius 2 is 1.83 bits per heavy atom. The lowest BCUT2D eigenvalue weighted by Gasteiger charge is -2.33. The van der Waals surface area contributed by atoms with Crippen LogP contribution in [0.3, 0.4) is 0 Å². The first-order valence-electron chi connectivity index (χ1n) is 4.42. The molecule has 1 aliphatic heterocycles. The zero-order chi connectivity index (χ0) is 8.97. The molecule has 4 nitrogen and oxygen atoms in total. The van der Waals surface area contributed by atoms with Gasteiger partial charge in [0.15, 0.2) is 0 Å². The molecule has 2 N–H and O–H groups in total. The van der Waals surface area contributed by atoms with Crippen LogP contribution in [0.25, 0.3) is 0 Å². The number of aliphatic hydroxyl groups excluding tert-OH is 2. The van der Waals surface area contributed by atoms with Crippen molar-refractivity contribution in [2.45, 2.75) is 6.10 Å². The minimum atomic E-state index is -0.576. The van der Waals surface area contributed by atoms with Crippen molar-refractivity contribution in [1.29, 1.82) is 0 Å².